The Bertz CT molecular complexity index is 302. The van der Waals surface area contributed by atoms with E-state index in [2.05, 4.69) is 9.97 Å². The quantitative estimate of drug-likeness (QED) is 0.681. The second-order valence-electron chi connectivity index (χ2n) is 3.14. The lowest BCUT2D eigenvalue weighted by Crippen LogP contribution is -2.20. The average molecular weight is 197 g/mol. The Labute approximate surface area is 82.9 Å². The molecule has 0 aliphatic heterocycles. The van der Waals surface area contributed by atoms with Crippen LogP contribution in [-0.4, -0.2) is 42.1 Å². The van der Waals surface area contributed by atoms with E-state index in [1.54, 1.807) is 0 Å². The molecule has 6 heteroatoms. The number of hydrogen-bond donors (Lipinski definition) is 2. The third-order valence-electron chi connectivity index (χ3n) is 1.60. The molecule has 14 heavy (non-hydrogen) atoms. The summed E-state index contributed by atoms with van der Waals surface area (Å²) in [5, 5.41) is 0. The zero-order valence-electron chi connectivity index (χ0n) is 8.40. The van der Waals surface area contributed by atoms with Crippen LogP contribution in [0.1, 0.15) is 0 Å². The molecule has 0 saturated carbocycles. The molecule has 0 fully saturated rings. The van der Waals surface area contributed by atoms with Crippen LogP contribution >= 0.6 is 0 Å². The fraction of sp³-hybridized carbons (Fsp3) is 0.500. The summed E-state index contributed by atoms with van der Waals surface area (Å²) in [4.78, 5) is 9.75. The molecule has 4 N–H and O–H groups in total. The van der Waals surface area contributed by atoms with Crippen molar-refractivity contribution in [3.8, 4) is 6.01 Å². The number of nitrogens with two attached hydrogens (primary N) is 2. The molecule has 0 radical (unpaired) electrons. The van der Waals surface area contributed by atoms with E-state index in [1.165, 1.54) is 6.20 Å². The van der Waals surface area contributed by atoms with E-state index < -0.39 is 0 Å². The number of anilines is 2. The first-order valence-corrected chi connectivity index (χ1v) is 4.25. The van der Waals surface area contributed by atoms with Gasteiger partial charge in [0.1, 0.15) is 6.61 Å². The maximum atomic E-state index is 5.49. The highest BCUT2D eigenvalue weighted by atomic mass is 16.5. The normalized spacial score (nSPS) is 10.5. The Balaban J connectivity index is 2.47. The Morgan fingerprint density at radius 1 is 1.43 bits per heavy atom. The molecular formula is C8H15N5O. The van der Waals surface area contributed by atoms with Gasteiger partial charge < -0.3 is 21.1 Å². The molecule has 1 aromatic rings. The Kier molecular flexibility index (Phi) is 3.47. The molecule has 1 heterocycles. The van der Waals surface area contributed by atoms with E-state index in [9.17, 15) is 0 Å². The monoisotopic (exact) mass is 197 g/mol. The van der Waals surface area contributed by atoms with Crippen molar-refractivity contribution in [2.24, 2.45) is 0 Å². The van der Waals surface area contributed by atoms with Gasteiger partial charge in [-0.25, -0.2) is 4.98 Å². The molecule has 0 saturated heterocycles. The van der Waals surface area contributed by atoms with Gasteiger partial charge in [0.05, 0.1) is 11.9 Å². The fourth-order valence-electron chi connectivity index (χ4n) is 0.776. The van der Waals surface area contributed by atoms with Crippen molar-refractivity contribution < 1.29 is 4.74 Å². The summed E-state index contributed by atoms with van der Waals surface area (Å²) in [6.45, 7) is 1.32. The summed E-state index contributed by atoms with van der Waals surface area (Å²) in [5.74, 6) is 0.250. The van der Waals surface area contributed by atoms with Crippen LogP contribution < -0.4 is 16.2 Å². The van der Waals surface area contributed by atoms with Crippen molar-refractivity contribution in [2.75, 3.05) is 38.7 Å². The van der Waals surface area contributed by atoms with Crippen molar-refractivity contribution in [3.63, 3.8) is 0 Å². The fourth-order valence-corrected chi connectivity index (χ4v) is 0.776. The molecule has 0 aliphatic carbocycles. The van der Waals surface area contributed by atoms with Gasteiger partial charge >= 0.3 is 6.01 Å². The largest absolute Gasteiger partial charge is 0.462 e. The minimum atomic E-state index is 0.250. The number of rotatable bonds is 4. The van der Waals surface area contributed by atoms with Gasteiger partial charge in [-0.15, -0.1) is 0 Å². The van der Waals surface area contributed by atoms with E-state index in [1.807, 2.05) is 19.0 Å². The topological polar surface area (TPSA) is 90.3 Å². The summed E-state index contributed by atoms with van der Waals surface area (Å²) in [6.07, 6.45) is 1.44. The maximum absolute atomic E-state index is 5.49. The third-order valence-corrected chi connectivity index (χ3v) is 1.60. The predicted molar refractivity (Wildman–Crippen MR) is 54.9 cm³/mol. The van der Waals surface area contributed by atoms with E-state index in [0.29, 0.717) is 12.3 Å². The molecule has 0 atom stereocenters. The van der Waals surface area contributed by atoms with Gasteiger partial charge in [0, 0.05) is 6.54 Å². The summed E-state index contributed by atoms with van der Waals surface area (Å²) in [7, 11) is 3.92. The summed E-state index contributed by atoms with van der Waals surface area (Å²) < 4.78 is 5.25. The molecular weight excluding hydrogens is 182 g/mol. The Hall–Kier alpha value is -1.56. The van der Waals surface area contributed by atoms with Gasteiger partial charge in [-0.2, -0.15) is 4.98 Å². The van der Waals surface area contributed by atoms with Crippen molar-refractivity contribution in [3.05, 3.63) is 6.20 Å². The molecule has 0 aliphatic rings. The minimum Gasteiger partial charge on any atom is -0.462 e. The predicted octanol–water partition coefficient (Wildman–Crippen LogP) is -0.419. The SMILES string of the molecule is CN(C)CCOc1ncc(N)c(N)n1. The van der Waals surface area contributed by atoms with Crippen molar-refractivity contribution in [1.82, 2.24) is 14.9 Å². The lowest BCUT2D eigenvalue weighted by molar-refractivity contribution is 0.246. The van der Waals surface area contributed by atoms with E-state index in [0.717, 1.165) is 6.54 Å². The number of nitrogen functional groups attached to an aromatic ring is 2. The Morgan fingerprint density at radius 3 is 2.71 bits per heavy atom. The molecule has 6 nitrogen and oxygen atoms in total. The van der Waals surface area contributed by atoms with Crippen LogP contribution in [0.25, 0.3) is 0 Å². The van der Waals surface area contributed by atoms with Gasteiger partial charge in [-0.3, -0.25) is 0 Å². The molecule has 0 unspecified atom stereocenters. The van der Waals surface area contributed by atoms with E-state index >= 15 is 0 Å². The number of aromatic nitrogens is 2. The van der Waals surface area contributed by atoms with Crippen molar-refractivity contribution in [1.29, 1.82) is 0 Å². The van der Waals surface area contributed by atoms with E-state index in [-0.39, 0.29) is 11.8 Å². The molecule has 1 rings (SSSR count). The number of ether oxygens (including phenoxy) is 1. The van der Waals surface area contributed by atoms with Gasteiger partial charge in [0.25, 0.3) is 0 Å². The molecule has 0 aromatic carbocycles. The second-order valence-corrected chi connectivity index (χ2v) is 3.14. The Morgan fingerprint density at radius 2 is 2.14 bits per heavy atom. The molecule has 0 bridgehead atoms. The zero-order chi connectivity index (χ0) is 10.6. The van der Waals surface area contributed by atoms with Crippen LogP contribution in [0.3, 0.4) is 0 Å². The van der Waals surface area contributed by atoms with Crippen LogP contribution in [0.2, 0.25) is 0 Å². The van der Waals surface area contributed by atoms with Crippen LogP contribution in [0.4, 0.5) is 11.5 Å². The third kappa shape index (κ3) is 3.06. The number of nitrogens with zero attached hydrogens (tertiary/aromatic N) is 3. The van der Waals surface area contributed by atoms with Crippen LogP contribution in [0, 0.1) is 0 Å². The van der Waals surface area contributed by atoms with E-state index in [4.69, 9.17) is 16.2 Å². The van der Waals surface area contributed by atoms with Gasteiger partial charge in [-0.05, 0) is 14.1 Å². The van der Waals surface area contributed by atoms with Crippen LogP contribution in [-0.2, 0) is 0 Å². The molecule has 0 spiro atoms. The zero-order valence-corrected chi connectivity index (χ0v) is 8.40. The summed E-state index contributed by atoms with van der Waals surface area (Å²) >= 11 is 0. The summed E-state index contributed by atoms with van der Waals surface area (Å²) in [5.41, 5.74) is 11.3. The molecule has 0 amide bonds. The first-order chi connectivity index (χ1) is 6.59. The van der Waals surface area contributed by atoms with Crippen LogP contribution in [0.15, 0.2) is 6.20 Å². The number of hydrogen-bond acceptors (Lipinski definition) is 6. The first kappa shape index (κ1) is 10.5. The second kappa shape index (κ2) is 4.61. The highest BCUT2D eigenvalue weighted by Crippen LogP contribution is 2.12. The highest BCUT2D eigenvalue weighted by molar-refractivity contribution is 5.56. The summed E-state index contributed by atoms with van der Waals surface area (Å²) in [6, 6.07) is 0.263. The lowest BCUT2D eigenvalue weighted by Gasteiger charge is -2.09. The van der Waals surface area contributed by atoms with Gasteiger partial charge in [-0.1, -0.05) is 0 Å². The van der Waals surface area contributed by atoms with Crippen LogP contribution in [0.5, 0.6) is 6.01 Å². The van der Waals surface area contributed by atoms with Gasteiger partial charge in [0.2, 0.25) is 0 Å². The molecule has 78 valence electrons. The van der Waals surface area contributed by atoms with Crippen molar-refractivity contribution in [2.45, 2.75) is 0 Å². The van der Waals surface area contributed by atoms with Crippen molar-refractivity contribution >= 4 is 11.5 Å². The minimum absolute atomic E-state index is 0.250. The van der Waals surface area contributed by atoms with Gasteiger partial charge in [0.15, 0.2) is 5.82 Å². The maximum Gasteiger partial charge on any atom is 0.318 e. The standard InChI is InChI=1S/C8H15N5O/c1-13(2)3-4-14-8-11-5-6(9)7(10)12-8/h5H,3-4,9H2,1-2H3,(H2,10,11,12). The molecule has 1 aromatic heterocycles. The average Bonchev–Trinajstić information content (AvgIpc) is 2.10. The smallest absolute Gasteiger partial charge is 0.318 e. The lowest BCUT2D eigenvalue weighted by atomic mass is 10.5. The first-order valence-electron chi connectivity index (χ1n) is 4.25. The highest BCUT2D eigenvalue weighted by Gasteiger charge is 2.01. The number of likely N-dealkylation sites (N-methyl/N-ethyl adjacent to an activating group) is 1.